The molecule has 2 aromatic heterocycles. The lowest BCUT2D eigenvalue weighted by molar-refractivity contribution is 1.02. The number of rotatable bonds is 0. The van der Waals surface area contributed by atoms with E-state index in [1.807, 2.05) is 0 Å². The lowest BCUT2D eigenvalue weighted by Gasteiger charge is -1.89. The third-order valence-electron chi connectivity index (χ3n) is 1.34. The summed E-state index contributed by atoms with van der Waals surface area (Å²) < 4.78 is 1.49. The molecule has 11 heavy (non-hydrogen) atoms. The molecule has 5 nitrogen and oxygen atoms in total. The Morgan fingerprint density at radius 1 is 1.55 bits per heavy atom. The Morgan fingerprint density at radius 2 is 2.36 bits per heavy atom. The summed E-state index contributed by atoms with van der Waals surface area (Å²) in [5, 5.41) is 3.88. The lowest BCUT2D eigenvalue weighted by Crippen LogP contribution is -2.05. The predicted molar refractivity (Wildman–Crippen MR) is 43.3 cm³/mol. The monoisotopic (exact) mass is 168 g/mol. The van der Waals surface area contributed by atoms with E-state index in [1.54, 1.807) is 6.20 Å². The van der Waals surface area contributed by atoms with E-state index in [9.17, 15) is 4.79 Å². The SMILES string of the molecule is O=c1cnc2cnn(P)c2[nH]1. The zero-order valence-electron chi connectivity index (χ0n) is 5.48. The molecule has 0 aliphatic heterocycles. The number of nitrogens with one attached hydrogen (secondary N) is 1. The molecule has 2 heterocycles. The highest BCUT2D eigenvalue weighted by Crippen LogP contribution is 2.06. The fourth-order valence-corrected chi connectivity index (χ4v) is 1.11. The first kappa shape index (κ1) is 6.49. The summed E-state index contributed by atoms with van der Waals surface area (Å²) in [6.45, 7) is 0. The molecule has 0 aliphatic rings. The van der Waals surface area contributed by atoms with Gasteiger partial charge in [-0.1, -0.05) is 0 Å². The summed E-state index contributed by atoms with van der Waals surface area (Å²) in [4.78, 5) is 17.2. The zero-order valence-corrected chi connectivity index (χ0v) is 6.64. The van der Waals surface area contributed by atoms with Gasteiger partial charge in [0.05, 0.1) is 12.4 Å². The van der Waals surface area contributed by atoms with Crippen molar-refractivity contribution in [3.05, 3.63) is 22.7 Å². The van der Waals surface area contributed by atoms with Crippen LogP contribution in [0.4, 0.5) is 0 Å². The Labute approximate surface area is 63.7 Å². The van der Waals surface area contributed by atoms with Crippen LogP contribution in [0.1, 0.15) is 0 Å². The first-order valence-electron chi connectivity index (χ1n) is 2.95. The Hall–Kier alpha value is -1.22. The van der Waals surface area contributed by atoms with Gasteiger partial charge in [-0.25, -0.2) is 9.44 Å². The summed E-state index contributed by atoms with van der Waals surface area (Å²) in [7, 11) is 2.35. The highest BCUT2D eigenvalue weighted by Gasteiger charge is 1.98. The number of nitrogens with zero attached hydrogens (tertiary/aromatic N) is 3. The molecule has 0 aromatic carbocycles. The van der Waals surface area contributed by atoms with Gasteiger partial charge in [-0.05, 0) is 9.39 Å². The molecular weight excluding hydrogens is 163 g/mol. The van der Waals surface area contributed by atoms with Gasteiger partial charge in [0.1, 0.15) is 5.52 Å². The Morgan fingerprint density at radius 3 is 3.18 bits per heavy atom. The van der Waals surface area contributed by atoms with Crippen molar-refractivity contribution < 1.29 is 0 Å². The van der Waals surface area contributed by atoms with Crippen LogP contribution < -0.4 is 5.56 Å². The maximum atomic E-state index is 10.8. The van der Waals surface area contributed by atoms with Gasteiger partial charge in [-0.2, -0.15) is 5.10 Å². The van der Waals surface area contributed by atoms with Crippen molar-refractivity contribution >= 4 is 20.6 Å². The van der Waals surface area contributed by atoms with Crippen LogP contribution in [0.3, 0.4) is 0 Å². The van der Waals surface area contributed by atoms with Crippen molar-refractivity contribution in [3.8, 4) is 0 Å². The van der Waals surface area contributed by atoms with E-state index in [2.05, 4.69) is 24.5 Å². The van der Waals surface area contributed by atoms with Gasteiger partial charge >= 0.3 is 0 Å². The van der Waals surface area contributed by atoms with Crippen LogP contribution >= 0.6 is 9.39 Å². The molecule has 0 saturated heterocycles. The first-order chi connectivity index (χ1) is 5.27. The summed E-state index contributed by atoms with van der Waals surface area (Å²) in [5.41, 5.74) is 1.07. The minimum atomic E-state index is -0.221. The van der Waals surface area contributed by atoms with E-state index in [-0.39, 0.29) is 5.56 Å². The second kappa shape index (κ2) is 2.13. The van der Waals surface area contributed by atoms with Gasteiger partial charge in [0, 0.05) is 0 Å². The lowest BCUT2D eigenvalue weighted by atomic mass is 10.6. The van der Waals surface area contributed by atoms with Crippen LogP contribution in [-0.4, -0.2) is 19.5 Å². The van der Waals surface area contributed by atoms with Crippen LogP contribution in [0.15, 0.2) is 17.2 Å². The average molecular weight is 168 g/mol. The van der Waals surface area contributed by atoms with Crippen LogP contribution in [0.5, 0.6) is 0 Å². The predicted octanol–water partition coefficient (Wildman–Crippen LogP) is -0.242. The maximum Gasteiger partial charge on any atom is 0.268 e. The van der Waals surface area contributed by atoms with Gasteiger partial charge < -0.3 is 4.98 Å². The zero-order chi connectivity index (χ0) is 7.84. The molecule has 1 atom stereocenters. The van der Waals surface area contributed by atoms with Crippen LogP contribution in [0, 0.1) is 0 Å². The molecule has 6 heteroatoms. The number of fused-ring (bicyclic) bond motifs is 1. The highest BCUT2D eigenvalue weighted by molar-refractivity contribution is 7.14. The van der Waals surface area contributed by atoms with Gasteiger partial charge in [0.2, 0.25) is 0 Å². The quantitative estimate of drug-likeness (QED) is 0.552. The average Bonchev–Trinajstić information content (AvgIpc) is 2.33. The molecule has 56 valence electrons. The van der Waals surface area contributed by atoms with Crippen LogP contribution in [-0.2, 0) is 0 Å². The molecule has 1 unspecified atom stereocenters. The smallest absolute Gasteiger partial charge is 0.268 e. The molecule has 0 aliphatic carbocycles. The number of H-pyrrole nitrogens is 1. The van der Waals surface area contributed by atoms with Crippen molar-refractivity contribution in [1.29, 1.82) is 0 Å². The standard InChI is InChI=1S/C5H5N4OP/c10-4-2-6-3-1-7-9(11)5(3)8-4/h1-2H,11H2,(H,8,10). The topological polar surface area (TPSA) is 63.6 Å². The third kappa shape index (κ3) is 0.935. The van der Waals surface area contributed by atoms with Gasteiger partial charge in [-0.3, -0.25) is 4.79 Å². The van der Waals surface area contributed by atoms with Gasteiger partial charge in [0.15, 0.2) is 5.65 Å². The van der Waals surface area contributed by atoms with E-state index < -0.39 is 0 Å². The summed E-state index contributed by atoms with van der Waals surface area (Å²) in [6.07, 6.45) is 2.81. The third-order valence-corrected chi connectivity index (χ3v) is 1.73. The van der Waals surface area contributed by atoms with Gasteiger partial charge in [0.25, 0.3) is 5.56 Å². The van der Waals surface area contributed by atoms with E-state index in [0.29, 0.717) is 11.2 Å². The molecule has 0 bridgehead atoms. The van der Waals surface area contributed by atoms with E-state index in [0.717, 1.165) is 0 Å². The van der Waals surface area contributed by atoms with Crippen LogP contribution in [0.2, 0.25) is 0 Å². The molecular formula is C5H5N4OP. The molecule has 2 aromatic rings. The molecule has 1 N–H and O–H groups in total. The van der Waals surface area contributed by atoms with Crippen molar-refractivity contribution in [2.24, 2.45) is 0 Å². The second-order valence-corrected chi connectivity index (χ2v) is 2.56. The summed E-state index contributed by atoms with van der Waals surface area (Å²) in [6, 6.07) is 0. The molecule has 0 amide bonds. The molecule has 0 fully saturated rings. The largest absolute Gasteiger partial charge is 0.304 e. The van der Waals surface area contributed by atoms with Crippen molar-refractivity contribution in [3.63, 3.8) is 0 Å². The number of aromatic amines is 1. The minimum Gasteiger partial charge on any atom is -0.304 e. The first-order valence-corrected chi connectivity index (χ1v) is 3.47. The Bertz CT molecular complexity index is 445. The number of hydrogen-bond acceptors (Lipinski definition) is 3. The van der Waals surface area contributed by atoms with Crippen molar-refractivity contribution in [2.75, 3.05) is 0 Å². The van der Waals surface area contributed by atoms with E-state index >= 15 is 0 Å². The highest BCUT2D eigenvalue weighted by atomic mass is 31.0. The fraction of sp³-hybridized carbons (Fsp3) is 0. The summed E-state index contributed by atoms with van der Waals surface area (Å²) >= 11 is 0. The second-order valence-electron chi connectivity index (χ2n) is 2.07. The summed E-state index contributed by atoms with van der Waals surface area (Å²) in [5.74, 6) is 0. The van der Waals surface area contributed by atoms with Crippen molar-refractivity contribution in [2.45, 2.75) is 0 Å². The van der Waals surface area contributed by atoms with Crippen LogP contribution in [0.25, 0.3) is 11.2 Å². The van der Waals surface area contributed by atoms with E-state index in [4.69, 9.17) is 0 Å². The Kier molecular flexibility index (Phi) is 1.26. The molecule has 0 spiro atoms. The minimum absolute atomic E-state index is 0.221. The molecule has 0 saturated carbocycles. The Balaban J connectivity index is 2.98. The molecule has 2 rings (SSSR count). The fourth-order valence-electron chi connectivity index (χ4n) is 0.846. The number of hydrogen-bond donors (Lipinski definition) is 1. The van der Waals surface area contributed by atoms with E-state index in [1.165, 1.54) is 10.6 Å². The normalized spacial score (nSPS) is 10.6. The molecule has 0 radical (unpaired) electrons. The maximum absolute atomic E-state index is 10.8. The van der Waals surface area contributed by atoms with Crippen molar-refractivity contribution in [1.82, 2.24) is 19.5 Å². The van der Waals surface area contributed by atoms with Gasteiger partial charge in [-0.15, -0.1) is 0 Å². The number of aromatic nitrogens is 4.